The predicted molar refractivity (Wildman–Crippen MR) is 145 cm³/mol. The highest BCUT2D eigenvalue weighted by molar-refractivity contribution is 5.85. The molecule has 6 rings (SSSR count). The first kappa shape index (κ1) is 23.6. The molecule has 0 fully saturated rings. The molecule has 0 saturated carbocycles. The minimum Gasteiger partial charge on any atom is -0.493 e. The summed E-state index contributed by atoms with van der Waals surface area (Å²) in [6.07, 6.45) is 3.51. The summed E-state index contributed by atoms with van der Waals surface area (Å²) >= 11 is 0. The second-order valence-electron chi connectivity index (χ2n) is 10.1. The van der Waals surface area contributed by atoms with E-state index in [1.165, 1.54) is 27.6 Å². The quantitative estimate of drug-likeness (QED) is 0.411. The van der Waals surface area contributed by atoms with Crippen LogP contribution < -0.4 is 9.47 Å². The van der Waals surface area contributed by atoms with Crippen molar-refractivity contribution in [2.24, 2.45) is 0 Å². The van der Waals surface area contributed by atoms with Gasteiger partial charge in [0, 0.05) is 36.7 Å². The summed E-state index contributed by atoms with van der Waals surface area (Å²) in [4.78, 5) is 22.0. The topological polar surface area (TPSA) is 57.8 Å². The molecule has 190 valence electrons. The molecule has 0 unspecified atom stereocenters. The number of methoxy groups -OCH3 is 2. The van der Waals surface area contributed by atoms with Crippen LogP contribution in [0.1, 0.15) is 40.8 Å². The minimum atomic E-state index is -0.215. The van der Waals surface area contributed by atoms with Crippen LogP contribution in [0.2, 0.25) is 0 Å². The molecule has 2 aliphatic heterocycles. The van der Waals surface area contributed by atoms with Crippen molar-refractivity contribution < 1.29 is 14.3 Å². The van der Waals surface area contributed by atoms with E-state index < -0.39 is 0 Å². The third kappa shape index (κ3) is 4.15. The zero-order valence-corrected chi connectivity index (χ0v) is 21.7. The third-order valence-electron chi connectivity index (χ3n) is 8.16. The van der Waals surface area contributed by atoms with Crippen molar-refractivity contribution >= 4 is 16.8 Å². The van der Waals surface area contributed by atoms with Crippen LogP contribution in [0.4, 0.5) is 0 Å². The van der Waals surface area contributed by atoms with Gasteiger partial charge in [-0.05, 0) is 71.8 Å². The average molecular weight is 496 g/mol. The zero-order valence-electron chi connectivity index (χ0n) is 21.7. The Kier molecular flexibility index (Phi) is 6.13. The number of nitrogens with one attached hydrogen (secondary N) is 1. The van der Waals surface area contributed by atoms with Gasteiger partial charge in [-0.3, -0.25) is 9.69 Å². The fourth-order valence-electron chi connectivity index (χ4n) is 6.13. The lowest BCUT2D eigenvalue weighted by Gasteiger charge is -2.42. The molecule has 0 aliphatic carbocycles. The Bertz CT molecular complexity index is 1460. The SMILES string of the molecule is COc1cc2c(cc1OC)[C@@H](C)N(C(=O)[C@@H]1Cc3ccccc3CN1Cc1cccc3[nH]ccc13)CC2. The van der Waals surface area contributed by atoms with Crippen LogP contribution in [0.3, 0.4) is 0 Å². The van der Waals surface area contributed by atoms with Crippen molar-refractivity contribution in [2.75, 3.05) is 20.8 Å². The average Bonchev–Trinajstić information content (AvgIpc) is 3.42. The lowest BCUT2D eigenvalue weighted by Crippen LogP contribution is -2.53. The molecular formula is C31H33N3O3. The molecule has 0 saturated heterocycles. The third-order valence-corrected chi connectivity index (χ3v) is 8.16. The van der Waals surface area contributed by atoms with Crippen LogP contribution in [-0.4, -0.2) is 47.5 Å². The minimum absolute atomic E-state index is 0.0387. The van der Waals surface area contributed by atoms with E-state index in [0.717, 1.165) is 42.8 Å². The highest BCUT2D eigenvalue weighted by Crippen LogP contribution is 2.39. The molecule has 37 heavy (non-hydrogen) atoms. The Balaban J connectivity index is 1.33. The number of ether oxygens (including phenoxy) is 2. The van der Waals surface area contributed by atoms with Crippen molar-refractivity contribution in [3.05, 3.63) is 94.7 Å². The maximum atomic E-state index is 14.3. The number of H-pyrrole nitrogens is 1. The van der Waals surface area contributed by atoms with Gasteiger partial charge in [0.25, 0.3) is 0 Å². The number of benzene rings is 3. The molecule has 0 bridgehead atoms. The number of carbonyl (C=O) groups is 1. The van der Waals surface area contributed by atoms with Gasteiger partial charge in [0.2, 0.25) is 5.91 Å². The van der Waals surface area contributed by atoms with Crippen LogP contribution in [0.25, 0.3) is 10.9 Å². The van der Waals surface area contributed by atoms with Gasteiger partial charge in [-0.15, -0.1) is 0 Å². The molecule has 3 heterocycles. The molecule has 1 aromatic heterocycles. The second kappa shape index (κ2) is 9.60. The van der Waals surface area contributed by atoms with Gasteiger partial charge < -0.3 is 19.4 Å². The van der Waals surface area contributed by atoms with Gasteiger partial charge in [-0.2, -0.15) is 0 Å². The van der Waals surface area contributed by atoms with E-state index in [-0.39, 0.29) is 18.0 Å². The van der Waals surface area contributed by atoms with E-state index in [0.29, 0.717) is 12.3 Å². The first-order valence-corrected chi connectivity index (χ1v) is 13.0. The van der Waals surface area contributed by atoms with E-state index in [1.54, 1.807) is 14.2 Å². The summed E-state index contributed by atoms with van der Waals surface area (Å²) in [5.41, 5.74) is 7.31. The Morgan fingerprint density at radius 2 is 1.76 bits per heavy atom. The van der Waals surface area contributed by atoms with Gasteiger partial charge in [-0.25, -0.2) is 0 Å². The maximum absolute atomic E-state index is 14.3. The summed E-state index contributed by atoms with van der Waals surface area (Å²) in [6.45, 7) is 4.31. The van der Waals surface area contributed by atoms with Crippen molar-refractivity contribution in [2.45, 2.75) is 44.9 Å². The molecule has 4 aromatic rings. The molecule has 0 spiro atoms. The van der Waals surface area contributed by atoms with Crippen LogP contribution in [0, 0.1) is 0 Å². The number of aromatic amines is 1. The second-order valence-corrected chi connectivity index (χ2v) is 10.1. The molecule has 0 radical (unpaired) electrons. The first-order valence-electron chi connectivity index (χ1n) is 13.0. The van der Waals surface area contributed by atoms with Gasteiger partial charge in [0.15, 0.2) is 11.5 Å². The normalized spacial score (nSPS) is 19.4. The molecule has 6 heteroatoms. The molecule has 6 nitrogen and oxygen atoms in total. The molecular weight excluding hydrogens is 462 g/mol. The molecule has 1 amide bonds. The van der Waals surface area contributed by atoms with Crippen LogP contribution in [-0.2, 0) is 30.7 Å². The zero-order chi connectivity index (χ0) is 25.5. The summed E-state index contributed by atoms with van der Waals surface area (Å²) in [6, 6.07) is 20.9. The van der Waals surface area contributed by atoms with Crippen molar-refractivity contribution in [3.63, 3.8) is 0 Å². The number of nitrogens with zero attached hydrogens (tertiary/aromatic N) is 2. The van der Waals surface area contributed by atoms with E-state index in [9.17, 15) is 4.79 Å². The monoisotopic (exact) mass is 495 g/mol. The number of aromatic nitrogens is 1. The Hall–Kier alpha value is -3.77. The van der Waals surface area contributed by atoms with E-state index in [1.807, 2.05) is 12.3 Å². The van der Waals surface area contributed by atoms with E-state index >= 15 is 0 Å². The van der Waals surface area contributed by atoms with Crippen molar-refractivity contribution in [1.29, 1.82) is 0 Å². The van der Waals surface area contributed by atoms with Crippen LogP contribution in [0.15, 0.2) is 66.9 Å². The van der Waals surface area contributed by atoms with Gasteiger partial charge in [-0.1, -0.05) is 36.4 Å². The fraction of sp³-hybridized carbons (Fsp3) is 0.323. The van der Waals surface area contributed by atoms with Crippen LogP contribution in [0.5, 0.6) is 11.5 Å². The molecule has 3 aromatic carbocycles. The highest BCUT2D eigenvalue weighted by atomic mass is 16.5. The highest BCUT2D eigenvalue weighted by Gasteiger charge is 2.38. The fourth-order valence-corrected chi connectivity index (χ4v) is 6.13. The lowest BCUT2D eigenvalue weighted by atomic mass is 9.89. The molecule has 1 N–H and O–H groups in total. The van der Waals surface area contributed by atoms with E-state index in [4.69, 9.17) is 9.47 Å². The number of rotatable bonds is 5. The van der Waals surface area contributed by atoms with Gasteiger partial charge in [0.1, 0.15) is 0 Å². The van der Waals surface area contributed by atoms with Crippen molar-refractivity contribution in [1.82, 2.24) is 14.8 Å². The maximum Gasteiger partial charge on any atom is 0.240 e. The summed E-state index contributed by atoms with van der Waals surface area (Å²) in [5.74, 6) is 1.64. The van der Waals surface area contributed by atoms with Crippen LogP contribution >= 0.6 is 0 Å². The first-order chi connectivity index (χ1) is 18.1. The largest absolute Gasteiger partial charge is 0.493 e. The van der Waals surface area contributed by atoms with Gasteiger partial charge in [0.05, 0.1) is 26.3 Å². The molecule has 2 atom stereocenters. The van der Waals surface area contributed by atoms with E-state index in [2.05, 4.69) is 76.3 Å². The summed E-state index contributed by atoms with van der Waals surface area (Å²) < 4.78 is 11.1. The summed E-state index contributed by atoms with van der Waals surface area (Å²) in [5, 5.41) is 1.22. The lowest BCUT2D eigenvalue weighted by molar-refractivity contribution is -0.140. The predicted octanol–water partition coefficient (Wildman–Crippen LogP) is 5.26. The Morgan fingerprint density at radius 3 is 2.57 bits per heavy atom. The van der Waals surface area contributed by atoms with Gasteiger partial charge >= 0.3 is 0 Å². The smallest absolute Gasteiger partial charge is 0.240 e. The Labute approximate surface area is 217 Å². The summed E-state index contributed by atoms with van der Waals surface area (Å²) in [7, 11) is 3.32. The Morgan fingerprint density at radius 1 is 0.973 bits per heavy atom. The standard InChI is InChI=1S/C31H33N3O3/c1-20-26-17-30(37-3)29(36-2)16-22(26)12-14-34(20)31(35)28-15-21-7-4-5-8-23(21)18-33(28)19-24-9-6-10-27-25(24)11-13-32-27/h4-11,13,16-17,20,28,32H,12,14-15,18-19H2,1-3H3/t20-,28+/m1/s1. The van der Waals surface area contributed by atoms with Crippen molar-refractivity contribution in [3.8, 4) is 11.5 Å². The number of amides is 1. The number of carbonyl (C=O) groups excluding carboxylic acids is 1. The number of fused-ring (bicyclic) bond motifs is 3. The number of hydrogen-bond acceptors (Lipinski definition) is 4. The number of hydrogen-bond donors (Lipinski definition) is 1. The molecule has 2 aliphatic rings.